The summed E-state index contributed by atoms with van der Waals surface area (Å²) >= 11 is 0. The summed E-state index contributed by atoms with van der Waals surface area (Å²) in [5.41, 5.74) is 0. The van der Waals surface area contributed by atoms with Crippen molar-refractivity contribution in [2.75, 3.05) is 6.61 Å². The summed E-state index contributed by atoms with van der Waals surface area (Å²) in [7, 11) is 0. The van der Waals surface area contributed by atoms with Gasteiger partial charge in [-0.1, -0.05) is 302 Å². The van der Waals surface area contributed by atoms with Gasteiger partial charge in [-0.25, -0.2) is 0 Å². The summed E-state index contributed by atoms with van der Waals surface area (Å²) in [6.45, 7) is 4.19. The van der Waals surface area contributed by atoms with E-state index in [0.717, 1.165) is 96.3 Å². The van der Waals surface area contributed by atoms with Gasteiger partial charge in [0.1, 0.15) is 0 Å². The first kappa shape index (κ1) is 69.5. The average Bonchev–Trinajstić information content (AvgIpc) is 3.40. The van der Waals surface area contributed by atoms with Crippen molar-refractivity contribution < 1.29 is 15.0 Å². The minimum absolute atomic E-state index is 0.0837. The van der Waals surface area contributed by atoms with Crippen LogP contribution in [0.25, 0.3) is 0 Å². The molecule has 0 saturated carbocycles. The average molecular weight is 1010 g/mol. The Labute approximate surface area is 453 Å². The van der Waals surface area contributed by atoms with E-state index in [1.54, 1.807) is 6.08 Å². The molecule has 0 aliphatic carbocycles. The Morgan fingerprint density at radius 1 is 0.342 bits per heavy atom. The van der Waals surface area contributed by atoms with Gasteiger partial charge in [0.2, 0.25) is 5.91 Å². The summed E-state index contributed by atoms with van der Waals surface area (Å²) in [6.07, 6.45) is 97.7. The summed E-state index contributed by atoms with van der Waals surface area (Å²) in [5, 5.41) is 23.2. The number of hydrogen-bond acceptors (Lipinski definition) is 3. The number of rotatable bonds is 55. The van der Waals surface area contributed by atoms with E-state index in [1.165, 1.54) is 161 Å². The number of amides is 1. The highest BCUT2D eigenvalue weighted by Gasteiger charge is 2.18. The maximum atomic E-state index is 12.5. The molecule has 0 spiro atoms. The number of hydrogen-bond donors (Lipinski definition) is 3. The smallest absolute Gasteiger partial charge is 0.220 e. The fraction of sp³-hybridized carbons (Fsp3) is 0.667. The van der Waals surface area contributed by atoms with E-state index >= 15 is 0 Å². The van der Waals surface area contributed by atoms with E-state index in [0.29, 0.717) is 6.42 Å². The second-order valence-electron chi connectivity index (χ2n) is 20.4. The van der Waals surface area contributed by atoms with Crippen LogP contribution in [-0.2, 0) is 4.79 Å². The van der Waals surface area contributed by atoms with E-state index < -0.39 is 12.1 Å². The van der Waals surface area contributed by atoms with Gasteiger partial charge in [0.05, 0.1) is 18.8 Å². The summed E-state index contributed by atoms with van der Waals surface area (Å²) in [6, 6.07) is -0.653. The number of unbranched alkanes of at least 4 members (excludes halogenated alkanes) is 28. The van der Waals surface area contributed by atoms with Gasteiger partial charge in [0.15, 0.2) is 0 Å². The molecule has 0 aliphatic rings. The van der Waals surface area contributed by atoms with Gasteiger partial charge in [-0.05, 0) is 103 Å². The molecule has 0 radical (unpaired) electrons. The van der Waals surface area contributed by atoms with E-state index in [4.69, 9.17) is 0 Å². The molecule has 0 saturated heterocycles. The first-order valence-electron chi connectivity index (χ1n) is 30.9. The fourth-order valence-electron chi connectivity index (χ4n) is 8.72. The standard InChI is InChI=1S/C69H117NO3/c1-3-5-7-9-11-13-15-17-19-21-23-25-27-29-30-31-32-33-34-35-36-37-38-39-40-41-43-45-47-49-51-53-55-57-59-61-63-65-69(73)70-67(66-71)68(72)64-62-60-58-56-54-52-50-48-46-44-42-28-26-24-22-20-18-16-14-12-10-8-6-4-2/h5,7,11,13,17,19,23,25,29-30,32-33,35-36,38-39,41,43,54,56,62,64,67-68,71-72H,3-4,6,8-10,12,14-16,18,20-22,24,26-28,31,34,37,40,42,44-53,55,57-61,63,65-66H2,1-2H3,(H,70,73)/b7-5-,13-11-,19-17-,25-23-,30-29-,33-32-,36-35-,39-38-,43-41-,56-54+,64-62+. The van der Waals surface area contributed by atoms with E-state index in [1.807, 2.05) is 6.08 Å². The highest BCUT2D eigenvalue weighted by molar-refractivity contribution is 5.76. The van der Waals surface area contributed by atoms with Crippen molar-refractivity contribution in [3.63, 3.8) is 0 Å². The molecule has 0 bridgehead atoms. The van der Waals surface area contributed by atoms with Gasteiger partial charge in [-0.2, -0.15) is 0 Å². The Bertz CT molecular complexity index is 1470. The highest BCUT2D eigenvalue weighted by atomic mass is 16.3. The lowest BCUT2D eigenvalue weighted by Gasteiger charge is -2.19. The third-order valence-corrected chi connectivity index (χ3v) is 13.4. The van der Waals surface area contributed by atoms with Crippen molar-refractivity contribution in [1.82, 2.24) is 5.32 Å². The third-order valence-electron chi connectivity index (χ3n) is 13.4. The third kappa shape index (κ3) is 59.3. The van der Waals surface area contributed by atoms with Gasteiger partial charge in [-0.15, -0.1) is 0 Å². The summed E-state index contributed by atoms with van der Waals surface area (Å²) < 4.78 is 0. The minimum atomic E-state index is -0.875. The Kier molecular flexibility index (Phi) is 59.8. The molecule has 0 fully saturated rings. The maximum Gasteiger partial charge on any atom is 0.220 e. The molecule has 3 N–H and O–H groups in total. The van der Waals surface area contributed by atoms with Crippen molar-refractivity contribution >= 4 is 5.91 Å². The molecule has 4 nitrogen and oxygen atoms in total. The molecular formula is C69H117NO3. The zero-order valence-electron chi connectivity index (χ0n) is 47.9. The van der Waals surface area contributed by atoms with Crippen molar-refractivity contribution in [3.05, 3.63) is 134 Å². The molecule has 1 amide bonds. The molecule has 416 valence electrons. The molecule has 0 aromatic heterocycles. The fourth-order valence-corrected chi connectivity index (χ4v) is 8.72. The topological polar surface area (TPSA) is 69.6 Å². The molecule has 4 heteroatoms. The predicted octanol–water partition coefficient (Wildman–Crippen LogP) is 21.0. The molecule has 0 rings (SSSR count). The first-order valence-corrected chi connectivity index (χ1v) is 30.9. The van der Waals surface area contributed by atoms with Crippen LogP contribution in [0.3, 0.4) is 0 Å². The Morgan fingerprint density at radius 3 is 0.959 bits per heavy atom. The maximum absolute atomic E-state index is 12.5. The van der Waals surface area contributed by atoms with Crippen LogP contribution >= 0.6 is 0 Å². The van der Waals surface area contributed by atoms with Crippen molar-refractivity contribution in [2.45, 2.75) is 289 Å². The van der Waals surface area contributed by atoms with E-state index in [9.17, 15) is 15.0 Å². The quantitative estimate of drug-likeness (QED) is 0.0420. The number of allylic oxidation sites excluding steroid dienone is 21. The second-order valence-corrected chi connectivity index (χ2v) is 20.4. The van der Waals surface area contributed by atoms with Crippen LogP contribution in [0.2, 0.25) is 0 Å². The molecule has 0 aromatic carbocycles. The zero-order valence-corrected chi connectivity index (χ0v) is 47.9. The minimum Gasteiger partial charge on any atom is -0.394 e. The number of carbonyl (C=O) groups is 1. The van der Waals surface area contributed by atoms with Crippen LogP contribution in [0.15, 0.2) is 134 Å². The molecule has 2 atom stereocenters. The highest BCUT2D eigenvalue weighted by Crippen LogP contribution is 2.16. The molecule has 0 aliphatic heterocycles. The SMILES string of the molecule is CC/C=C\C/C=C\C/C=C\C/C=C\C/C=C\C/C=C\C/C=C\C/C=C\C/C=C\CCCCCCCCCCCC(=O)NC(CO)C(O)/C=C/CC/C=C/CCCCCCCCCCCCCCCCCCCC. The van der Waals surface area contributed by atoms with Gasteiger partial charge in [-0.3, -0.25) is 4.79 Å². The monoisotopic (exact) mass is 1010 g/mol. The van der Waals surface area contributed by atoms with Crippen molar-refractivity contribution in [3.8, 4) is 0 Å². The lowest BCUT2D eigenvalue weighted by atomic mass is 10.0. The number of carbonyl (C=O) groups excluding carboxylic acids is 1. The van der Waals surface area contributed by atoms with Gasteiger partial charge < -0.3 is 15.5 Å². The van der Waals surface area contributed by atoms with E-state index in [-0.39, 0.29) is 12.5 Å². The van der Waals surface area contributed by atoms with Crippen LogP contribution in [0.1, 0.15) is 277 Å². The molecule has 0 aromatic rings. The predicted molar refractivity (Wildman–Crippen MR) is 326 cm³/mol. The van der Waals surface area contributed by atoms with E-state index in [2.05, 4.69) is 141 Å². The Hall–Kier alpha value is -3.47. The van der Waals surface area contributed by atoms with Crippen LogP contribution in [-0.4, -0.2) is 34.9 Å². The van der Waals surface area contributed by atoms with Crippen molar-refractivity contribution in [2.24, 2.45) is 0 Å². The van der Waals surface area contributed by atoms with Crippen LogP contribution in [0.4, 0.5) is 0 Å². The largest absolute Gasteiger partial charge is 0.394 e. The van der Waals surface area contributed by atoms with Crippen LogP contribution < -0.4 is 5.32 Å². The van der Waals surface area contributed by atoms with Gasteiger partial charge in [0, 0.05) is 6.42 Å². The molecular weight excluding hydrogens is 891 g/mol. The summed E-state index contributed by atoms with van der Waals surface area (Å²) in [5.74, 6) is -0.0837. The lowest BCUT2D eigenvalue weighted by Crippen LogP contribution is -2.45. The van der Waals surface area contributed by atoms with Gasteiger partial charge in [0.25, 0.3) is 0 Å². The second kappa shape index (κ2) is 62.8. The number of nitrogens with one attached hydrogen (secondary N) is 1. The lowest BCUT2D eigenvalue weighted by molar-refractivity contribution is -0.123. The molecule has 0 heterocycles. The Balaban J connectivity index is 3.62. The van der Waals surface area contributed by atoms with Gasteiger partial charge >= 0.3 is 0 Å². The molecule has 73 heavy (non-hydrogen) atoms. The van der Waals surface area contributed by atoms with Crippen LogP contribution in [0.5, 0.6) is 0 Å². The number of aliphatic hydroxyl groups excluding tert-OH is 2. The zero-order chi connectivity index (χ0) is 52.7. The normalized spacial score (nSPS) is 13.8. The van der Waals surface area contributed by atoms with Crippen molar-refractivity contribution in [1.29, 1.82) is 0 Å². The number of aliphatic hydroxyl groups is 2. The summed E-state index contributed by atoms with van der Waals surface area (Å²) in [4.78, 5) is 12.5. The van der Waals surface area contributed by atoms with Crippen LogP contribution in [0, 0.1) is 0 Å². The Morgan fingerprint density at radius 2 is 0.616 bits per heavy atom. The first-order chi connectivity index (χ1) is 36.2. The molecule has 2 unspecified atom stereocenters.